The molecule has 0 bridgehead atoms. The second-order valence-electron chi connectivity index (χ2n) is 5.81. The van der Waals surface area contributed by atoms with Gasteiger partial charge in [-0.1, -0.05) is 30.3 Å². The summed E-state index contributed by atoms with van der Waals surface area (Å²) in [5, 5.41) is 2.66. The lowest BCUT2D eigenvalue weighted by Crippen LogP contribution is -2.47. The highest BCUT2D eigenvalue weighted by Gasteiger charge is 2.30. The molecule has 0 aromatic heterocycles. The van der Waals surface area contributed by atoms with Crippen LogP contribution in [0.4, 0.5) is 0 Å². The first-order valence-corrected chi connectivity index (χ1v) is 8.39. The summed E-state index contributed by atoms with van der Waals surface area (Å²) >= 11 is 0. The quantitative estimate of drug-likeness (QED) is 0.648. The zero-order chi connectivity index (χ0) is 17.4. The van der Waals surface area contributed by atoms with Crippen molar-refractivity contribution in [2.45, 2.75) is 26.2 Å². The molecule has 6 heteroatoms. The minimum atomic E-state index is -0.583. The Balaban J connectivity index is 1.72. The second kappa shape index (κ2) is 9.05. The van der Waals surface area contributed by atoms with Crippen LogP contribution in [0.25, 0.3) is 0 Å². The Morgan fingerprint density at radius 2 is 1.83 bits per heavy atom. The summed E-state index contributed by atoms with van der Waals surface area (Å²) < 4.78 is 5.00. The van der Waals surface area contributed by atoms with E-state index in [9.17, 15) is 14.4 Å². The van der Waals surface area contributed by atoms with Crippen molar-refractivity contribution < 1.29 is 19.1 Å². The van der Waals surface area contributed by atoms with Gasteiger partial charge in [0.05, 0.1) is 12.5 Å². The molecule has 1 aliphatic rings. The van der Waals surface area contributed by atoms with Crippen LogP contribution in [0, 0.1) is 5.92 Å². The van der Waals surface area contributed by atoms with E-state index in [0.29, 0.717) is 45.5 Å². The van der Waals surface area contributed by atoms with Crippen LogP contribution < -0.4 is 5.32 Å². The maximum Gasteiger partial charge on any atom is 0.311 e. The molecular weight excluding hydrogens is 308 g/mol. The van der Waals surface area contributed by atoms with Crippen molar-refractivity contribution in [2.24, 2.45) is 5.92 Å². The lowest BCUT2D eigenvalue weighted by Gasteiger charge is -2.30. The minimum absolute atomic E-state index is 0.171. The van der Waals surface area contributed by atoms with E-state index < -0.39 is 11.8 Å². The van der Waals surface area contributed by atoms with Crippen LogP contribution in [0.15, 0.2) is 30.3 Å². The Bertz CT molecular complexity index is 566. The molecule has 24 heavy (non-hydrogen) atoms. The van der Waals surface area contributed by atoms with Crippen molar-refractivity contribution in [3.05, 3.63) is 35.9 Å². The molecule has 0 unspecified atom stereocenters. The average molecular weight is 332 g/mol. The molecule has 1 fully saturated rings. The van der Waals surface area contributed by atoms with Gasteiger partial charge in [-0.2, -0.15) is 0 Å². The lowest BCUT2D eigenvalue weighted by atomic mass is 9.97. The third-order valence-corrected chi connectivity index (χ3v) is 4.14. The van der Waals surface area contributed by atoms with E-state index >= 15 is 0 Å². The molecule has 0 atom stereocenters. The number of benzene rings is 1. The first kappa shape index (κ1) is 18.0. The van der Waals surface area contributed by atoms with Gasteiger partial charge in [-0.3, -0.25) is 14.4 Å². The van der Waals surface area contributed by atoms with Gasteiger partial charge in [-0.05, 0) is 31.7 Å². The number of piperidine rings is 1. The predicted octanol–water partition coefficient (Wildman–Crippen LogP) is 1.15. The number of likely N-dealkylation sites (tertiary alicyclic amines) is 1. The van der Waals surface area contributed by atoms with Crippen LogP contribution in [0.3, 0.4) is 0 Å². The van der Waals surface area contributed by atoms with Gasteiger partial charge in [-0.25, -0.2) is 0 Å². The topological polar surface area (TPSA) is 75.7 Å². The Kier molecular flexibility index (Phi) is 6.78. The Morgan fingerprint density at radius 1 is 1.17 bits per heavy atom. The normalized spacial score (nSPS) is 15.0. The van der Waals surface area contributed by atoms with Gasteiger partial charge in [0.1, 0.15) is 0 Å². The molecule has 2 rings (SSSR count). The van der Waals surface area contributed by atoms with Gasteiger partial charge in [0.15, 0.2) is 0 Å². The number of hydrogen-bond acceptors (Lipinski definition) is 4. The smallest absolute Gasteiger partial charge is 0.311 e. The van der Waals surface area contributed by atoms with Gasteiger partial charge in [0.2, 0.25) is 0 Å². The number of carbonyl (C=O) groups is 3. The number of nitrogens with zero attached hydrogens (tertiary/aromatic N) is 1. The molecule has 1 N–H and O–H groups in total. The fourth-order valence-corrected chi connectivity index (χ4v) is 2.76. The van der Waals surface area contributed by atoms with Crippen molar-refractivity contribution in [1.29, 1.82) is 0 Å². The number of carbonyl (C=O) groups excluding carboxylic acids is 3. The Morgan fingerprint density at radius 3 is 2.46 bits per heavy atom. The van der Waals surface area contributed by atoms with Crippen LogP contribution in [-0.4, -0.2) is 48.9 Å². The molecule has 1 aliphatic heterocycles. The third-order valence-electron chi connectivity index (χ3n) is 4.14. The minimum Gasteiger partial charge on any atom is -0.466 e. The maximum atomic E-state index is 12.1. The zero-order valence-corrected chi connectivity index (χ0v) is 14.0. The molecule has 0 radical (unpaired) electrons. The van der Waals surface area contributed by atoms with Gasteiger partial charge in [-0.15, -0.1) is 0 Å². The predicted molar refractivity (Wildman–Crippen MR) is 89.1 cm³/mol. The summed E-state index contributed by atoms with van der Waals surface area (Å²) in [6, 6.07) is 9.78. The standard InChI is InChI=1S/C18H24N2O4/c1-2-24-18(23)15-9-12-20(13-10-15)17(22)16(21)19-11-8-14-6-4-3-5-7-14/h3-7,15H,2,8-13H2,1H3,(H,19,21). The number of nitrogens with one attached hydrogen (secondary N) is 1. The highest BCUT2D eigenvalue weighted by molar-refractivity contribution is 6.35. The number of ether oxygens (including phenoxy) is 1. The van der Waals surface area contributed by atoms with Crippen molar-refractivity contribution in [1.82, 2.24) is 10.2 Å². The molecule has 130 valence electrons. The molecule has 0 saturated carbocycles. The molecule has 1 aromatic rings. The Labute approximate surface area is 142 Å². The summed E-state index contributed by atoms with van der Waals surface area (Å²) in [6.45, 7) is 3.38. The van der Waals surface area contributed by atoms with Gasteiger partial charge < -0.3 is 15.0 Å². The van der Waals surface area contributed by atoms with Crippen molar-refractivity contribution in [2.75, 3.05) is 26.2 Å². The van der Waals surface area contributed by atoms with Crippen LogP contribution in [0.2, 0.25) is 0 Å². The van der Waals surface area contributed by atoms with Crippen LogP contribution in [-0.2, 0) is 25.5 Å². The highest BCUT2D eigenvalue weighted by Crippen LogP contribution is 2.18. The molecule has 0 spiro atoms. The molecule has 2 amide bonds. The van der Waals surface area contributed by atoms with Crippen molar-refractivity contribution in [3.8, 4) is 0 Å². The fraction of sp³-hybridized carbons (Fsp3) is 0.500. The van der Waals surface area contributed by atoms with Crippen LogP contribution >= 0.6 is 0 Å². The zero-order valence-electron chi connectivity index (χ0n) is 14.0. The third kappa shape index (κ3) is 5.08. The SMILES string of the molecule is CCOC(=O)C1CCN(C(=O)C(=O)NCCc2ccccc2)CC1. The van der Waals surface area contributed by atoms with E-state index in [0.717, 1.165) is 5.56 Å². The van der Waals surface area contributed by atoms with E-state index in [2.05, 4.69) is 5.32 Å². The van der Waals surface area contributed by atoms with Crippen molar-refractivity contribution in [3.63, 3.8) is 0 Å². The van der Waals surface area contributed by atoms with E-state index in [4.69, 9.17) is 4.74 Å². The summed E-state index contributed by atoms with van der Waals surface area (Å²) in [5.41, 5.74) is 1.11. The van der Waals surface area contributed by atoms with Gasteiger partial charge in [0, 0.05) is 19.6 Å². The molecule has 6 nitrogen and oxygen atoms in total. The first-order valence-electron chi connectivity index (χ1n) is 8.39. The molecule has 1 saturated heterocycles. The second-order valence-corrected chi connectivity index (χ2v) is 5.81. The maximum absolute atomic E-state index is 12.1. The lowest BCUT2D eigenvalue weighted by molar-refractivity contribution is -0.152. The molecule has 1 heterocycles. The number of esters is 1. The highest BCUT2D eigenvalue weighted by atomic mass is 16.5. The number of amides is 2. The van der Waals surface area contributed by atoms with E-state index in [-0.39, 0.29) is 11.9 Å². The van der Waals surface area contributed by atoms with Gasteiger partial charge in [0.25, 0.3) is 0 Å². The van der Waals surface area contributed by atoms with E-state index in [1.165, 1.54) is 4.90 Å². The largest absolute Gasteiger partial charge is 0.466 e. The van der Waals surface area contributed by atoms with Crippen molar-refractivity contribution >= 4 is 17.8 Å². The van der Waals surface area contributed by atoms with Gasteiger partial charge >= 0.3 is 17.8 Å². The molecule has 1 aromatic carbocycles. The Hall–Kier alpha value is -2.37. The van der Waals surface area contributed by atoms with Crippen LogP contribution in [0.5, 0.6) is 0 Å². The average Bonchev–Trinajstić information content (AvgIpc) is 2.62. The molecular formula is C18H24N2O4. The summed E-state index contributed by atoms with van der Waals surface area (Å²) in [7, 11) is 0. The summed E-state index contributed by atoms with van der Waals surface area (Å²) in [5.74, 6) is -1.49. The summed E-state index contributed by atoms with van der Waals surface area (Å²) in [6.07, 6.45) is 1.77. The first-order chi connectivity index (χ1) is 11.6. The van der Waals surface area contributed by atoms with E-state index in [1.807, 2.05) is 30.3 Å². The monoisotopic (exact) mass is 332 g/mol. The van der Waals surface area contributed by atoms with E-state index in [1.54, 1.807) is 6.92 Å². The fourth-order valence-electron chi connectivity index (χ4n) is 2.76. The summed E-state index contributed by atoms with van der Waals surface area (Å²) in [4.78, 5) is 37.3. The number of hydrogen-bond donors (Lipinski definition) is 1. The number of rotatable bonds is 5. The van der Waals surface area contributed by atoms with Crippen LogP contribution in [0.1, 0.15) is 25.3 Å². The molecule has 0 aliphatic carbocycles.